The SMILES string of the molecule is COc1cccc(CCCC#N)c1C. The highest BCUT2D eigenvalue weighted by molar-refractivity contribution is 5.39. The fourth-order valence-corrected chi connectivity index (χ4v) is 1.51. The van der Waals surface area contributed by atoms with Crippen LogP contribution in [-0.2, 0) is 6.42 Å². The van der Waals surface area contributed by atoms with Crippen molar-refractivity contribution in [1.29, 1.82) is 5.26 Å². The molecule has 0 aliphatic rings. The molecule has 1 rings (SSSR count). The molecular weight excluding hydrogens is 174 g/mol. The van der Waals surface area contributed by atoms with E-state index in [9.17, 15) is 0 Å². The fraction of sp³-hybridized carbons (Fsp3) is 0.417. The Morgan fingerprint density at radius 3 is 2.86 bits per heavy atom. The van der Waals surface area contributed by atoms with Gasteiger partial charge in [-0.15, -0.1) is 0 Å². The van der Waals surface area contributed by atoms with Crippen molar-refractivity contribution in [3.8, 4) is 11.8 Å². The average molecular weight is 189 g/mol. The standard InChI is InChI=1S/C12H15NO/c1-10-11(6-3-4-9-13)7-5-8-12(10)14-2/h5,7-8H,3-4,6H2,1-2H3. The highest BCUT2D eigenvalue weighted by atomic mass is 16.5. The predicted octanol–water partition coefficient (Wildman–Crippen LogP) is 2.85. The third kappa shape index (κ3) is 2.50. The molecule has 0 amide bonds. The van der Waals surface area contributed by atoms with Crippen molar-refractivity contribution < 1.29 is 4.74 Å². The second kappa shape index (κ2) is 5.29. The summed E-state index contributed by atoms with van der Waals surface area (Å²) in [5.41, 5.74) is 2.47. The molecule has 0 aromatic heterocycles. The summed E-state index contributed by atoms with van der Waals surface area (Å²) < 4.78 is 5.23. The Bertz CT molecular complexity index is 339. The Balaban J connectivity index is 2.72. The molecule has 2 nitrogen and oxygen atoms in total. The van der Waals surface area contributed by atoms with Crippen molar-refractivity contribution in [2.45, 2.75) is 26.2 Å². The Hall–Kier alpha value is -1.49. The fourth-order valence-electron chi connectivity index (χ4n) is 1.51. The molecule has 0 fully saturated rings. The minimum Gasteiger partial charge on any atom is -0.496 e. The number of hydrogen-bond donors (Lipinski definition) is 0. The molecular formula is C12H15NO. The molecule has 0 saturated carbocycles. The summed E-state index contributed by atoms with van der Waals surface area (Å²) in [5.74, 6) is 0.930. The molecule has 0 bridgehead atoms. The minimum absolute atomic E-state index is 0.622. The van der Waals surface area contributed by atoms with Gasteiger partial charge >= 0.3 is 0 Å². The minimum atomic E-state index is 0.622. The van der Waals surface area contributed by atoms with Gasteiger partial charge in [0.25, 0.3) is 0 Å². The van der Waals surface area contributed by atoms with Gasteiger partial charge in [-0.3, -0.25) is 0 Å². The summed E-state index contributed by atoms with van der Waals surface area (Å²) in [5, 5.41) is 8.44. The number of nitrogens with zero attached hydrogens (tertiary/aromatic N) is 1. The van der Waals surface area contributed by atoms with Crippen LogP contribution in [-0.4, -0.2) is 7.11 Å². The van der Waals surface area contributed by atoms with Crippen LogP contribution in [0.1, 0.15) is 24.0 Å². The maximum absolute atomic E-state index is 8.44. The Morgan fingerprint density at radius 1 is 1.43 bits per heavy atom. The highest BCUT2D eigenvalue weighted by Gasteiger charge is 2.02. The number of aryl methyl sites for hydroxylation is 1. The summed E-state index contributed by atoms with van der Waals surface area (Å²) in [7, 11) is 1.68. The zero-order valence-corrected chi connectivity index (χ0v) is 8.71. The molecule has 14 heavy (non-hydrogen) atoms. The molecule has 0 atom stereocenters. The van der Waals surface area contributed by atoms with Gasteiger partial charge in [0.05, 0.1) is 13.2 Å². The summed E-state index contributed by atoms with van der Waals surface area (Å²) in [6.07, 6.45) is 2.50. The lowest BCUT2D eigenvalue weighted by molar-refractivity contribution is 0.411. The normalized spacial score (nSPS) is 9.50. The van der Waals surface area contributed by atoms with Crippen molar-refractivity contribution in [3.63, 3.8) is 0 Å². The first-order valence-corrected chi connectivity index (χ1v) is 4.79. The Labute approximate surface area is 85.1 Å². The van der Waals surface area contributed by atoms with Crippen LogP contribution >= 0.6 is 0 Å². The molecule has 74 valence electrons. The van der Waals surface area contributed by atoms with E-state index in [0.717, 1.165) is 18.6 Å². The molecule has 0 saturated heterocycles. The molecule has 0 aliphatic heterocycles. The predicted molar refractivity (Wildman–Crippen MR) is 56.3 cm³/mol. The number of nitriles is 1. The quantitative estimate of drug-likeness (QED) is 0.682. The van der Waals surface area contributed by atoms with Crippen LogP contribution in [0.15, 0.2) is 18.2 Å². The molecule has 0 N–H and O–H groups in total. The Kier molecular flexibility index (Phi) is 4.00. The van der Waals surface area contributed by atoms with Gasteiger partial charge in [0.2, 0.25) is 0 Å². The number of benzene rings is 1. The molecule has 1 aromatic carbocycles. The van der Waals surface area contributed by atoms with E-state index in [1.165, 1.54) is 11.1 Å². The first-order valence-electron chi connectivity index (χ1n) is 4.79. The van der Waals surface area contributed by atoms with Gasteiger partial charge in [0.1, 0.15) is 5.75 Å². The summed E-state index contributed by atoms with van der Waals surface area (Å²) >= 11 is 0. The maximum Gasteiger partial charge on any atom is 0.122 e. The van der Waals surface area contributed by atoms with E-state index < -0.39 is 0 Å². The summed E-state index contributed by atoms with van der Waals surface area (Å²) in [6.45, 7) is 2.06. The van der Waals surface area contributed by atoms with E-state index in [0.29, 0.717) is 6.42 Å². The molecule has 0 unspecified atom stereocenters. The average Bonchev–Trinajstić information content (AvgIpc) is 2.21. The van der Waals surface area contributed by atoms with Gasteiger partial charge in [0, 0.05) is 6.42 Å². The molecule has 0 radical (unpaired) electrons. The third-order valence-corrected chi connectivity index (χ3v) is 2.35. The number of ether oxygens (including phenoxy) is 1. The molecule has 0 spiro atoms. The topological polar surface area (TPSA) is 33.0 Å². The second-order valence-electron chi connectivity index (χ2n) is 3.26. The smallest absolute Gasteiger partial charge is 0.122 e. The largest absolute Gasteiger partial charge is 0.496 e. The first-order chi connectivity index (χ1) is 6.79. The molecule has 0 heterocycles. The van der Waals surface area contributed by atoms with E-state index in [1.807, 2.05) is 12.1 Å². The van der Waals surface area contributed by atoms with E-state index in [-0.39, 0.29) is 0 Å². The van der Waals surface area contributed by atoms with Crippen LogP contribution in [0.25, 0.3) is 0 Å². The van der Waals surface area contributed by atoms with Crippen molar-refractivity contribution in [1.82, 2.24) is 0 Å². The lowest BCUT2D eigenvalue weighted by Gasteiger charge is -2.09. The number of methoxy groups -OCH3 is 1. The monoisotopic (exact) mass is 189 g/mol. The number of rotatable bonds is 4. The lowest BCUT2D eigenvalue weighted by atomic mass is 10.0. The van der Waals surface area contributed by atoms with Gasteiger partial charge in [-0.25, -0.2) is 0 Å². The van der Waals surface area contributed by atoms with Gasteiger partial charge in [-0.2, -0.15) is 5.26 Å². The van der Waals surface area contributed by atoms with Gasteiger partial charge in [-0.1, -0.05) is 12.1 Å². The number of unbranched alkanes of at least 4 members (excludes halogenated alkanes) is 1. The van der Waals surface area contributed by atoms with Crippen LogP contribution in [0.3, 0.4) is 0 Å². The molecule has 2 heteroatoms. The van der Waals surface area contributed by atoms with Gasteiger partial charge < -0.3 is 4.74 Å². The third-order valence-electron chi connectivity index (χ3n) is 2.35. The maximum atomic E-state index is 8.44. The van der Waals surface area contributed by atoms with E-state index in [4.69, 9.17) is 10.00 Å². The van der Waals surface area contributed by atoms with Crippen molar-refractivity contribution in [2.75, 3.05) is 7.11 Å². The van der Waals surface area contributed by atoms with Crippen molar-refractivity contribution in [3.05, 3.63) is 29.3 Å². The molecule has 0 aliphatic carbocycles. The van der Waals surface area contributed by atoms with Crippen LogP contribution in [0, 0.1) is 18.3 Å². The van der Waals surface area contributed by atoms with E-state index in [2.05, 4.69) is 19.1 Å². The second-order valence-corrected chi connectivity index (χ2v) is 3.26. The highest BCUT2D eigenvalue weighted by Crippen LogP contribution is 2.21. The Morgan fingerprint density at radius 2 is 2.21 bits per heavy atom. The zero-order valence-electron chi connectivity index (χ0n) is 8.71. The van der Waals surface area contributed by atoms with Gasteiger partial charge in [-0.05, 0) is 37.0 Å². The van der Waals surface area contributed by atoms with Crippen molar-refractivity contribution >= 4 is 0 Å². The van der Waals surface area contributed by atoms with Crippen molar-refractivity contribution in [2.24, 2.45) is 0 Å². The zero-order chi connectivity index (χ0) is 10.4. The number of hydrogen-bond acceptors (Lipinski definition) is 2. The first kappa shape index (κ1) is 10.6. The summed E-state index contributed by atoms with van der Waals surface area (Å²) in [4.78, 5) is 0. The van der Waals surface area contributed by atoms with Crippen LogP contribution in [0.5, 0.6) is 5.75 Å². The van der Waals surface area contributed by atoms with Gasteiger partial charge in [0.15, 0.2) is 0 Å². The lowest BCUT2D eigenvalue weighted by Crippen LogP contribution is -1.93. The molecule has 1 aromatic rings. The van der Waals surface area contributed by atoms with E-state index >= 15 is 0 Å². The van der Waals surface area contributed by atoms with Crippen LogP contribution in [0.4, 0.5) is 0 Å². The van der Waals surface area contributed by atoms with Crippen LogP contribution in [0.2, 0.25) is 0 Å². The van der Waals surface area contributed by atoms with E-state index in [1.54, 1.807) is 7.11 Å². The van der Waals surface area contributed by atoms with Crippen LogP contribution < -0.4 is 4.74 Å². The summed E-state index contributed by atoms with van der Waals surface area (Å²) in [6, 6.07) is 8.20.